The lowest BCUT2D eigenvalue weighted by molar-refractivity contribution is -0.687. The number of furan rings is 1. The predicted molar refractivity (Wildman–Crippen MR) is 91.5 cm³/mol. The van der Waals surface area contributed by atoms with Gasteiger partial charge in [0, 0.05) is 11.1 Å². The Hall–Kier alpha value is -2.23. The summed E-state index contributed by atoms with van der Waals surface area (Å²) in [5.74, 6) is 2.43. The minimum absolute atomic E-state index is 0.582. The van der Waals surface area contributed by atoms with Crippen LogP contribution in [0.2, 0.25) is 5.02 Å². The third kappa shape index (κ3) is 3.95. The maximum Gasteiger partial charge on any atom is 0.158 e. The zero-order valence-electron chi connectivity index (χ0n) is 13.0. The Kier molecular flexibility index (Phi) is 5.01. The Morgan fingerprint density at radius 1 is 1.00 bits per heavy atom. The fraction of sp³-hybridized carbons (Fsp3) is 0.158. The monoisotopic (exact) mass is 328 g/mol. The van der Waals surface area contributed by atoms with Gasteiger partial charge in [-0.25, -0.2) is 0 Å². The van der Waals surface area contributed by atoms with Crippen LogP contribution in [-0.4, -0.2) is 7.11 Å². The standard InChI is InChI=1S/C19H18ClNO2/c1-22-19-9-7-15(11-17(19)20)18-10-8-16(23-18)13-21-12-14-5-3-2-4-6-14/h2-11,21H,12-13H2,1H3/p+1. The van der Waals surface area contributed by atoms with Gasteiger partial charge in [-0.15, -0.1) is 0 Å². The molecule has 0 aliphatic carbocycles. The first kappa shape index (κ1) is 15.7. The summed E-state index contributed by atoms with van der Waals surface area (Å²) >= 11 is 6.16. The van der Waals surface area contributed by atoms with Crippen LogP contribution in [0.3, 0.4) is 0 Å². The molecule has 0 saturated carbocycles. The lowest BCUT2D eigenvalue weighted by atomic mass is 10.2. The highest BCUT2D eigenvalue weighted by Gasteiger charge is 2.09. The van der Waals surface area contributed by atoms with Crippen molar-refractivity contribution < 1.29 is 14.5 Å². The average molecular weight is 329 g/mol. The van der Waals surface area contributed by atoms with E-state index in [-0.39, 0.29) is 0 Å². The maximum absolute atomic E-state index is 6.16. The molecule has 0 fully saturated rings. The summed E-state index contributed by atoms with van der Waals surface area (Å²) in [7, 11) is 1.61. The van der Waals surface area contributed by atoms with Gasteiger partial charge in [0.15, 0.2) is 5.76 Å². The molecule has 23 heavy (non-hydrogen) atoms. The molecule has 0 atom stereocenters. The van der Waals surface area contributed by atoms with E-state index in [1.807, 2.05) is 36.4 Å². The molecule has 1 aromatic heterocycles. The number of benzene rings is 2. The molecule has 0 saturated heterocycles. The quantitative estimate of drug-likeness (QED) is 0.746. The van der Waals surface area contributed by atoms with Gasteiger partial charge in [0.25, 0.3) is 0 Å². The third-order valence-electron chi connectivity index (χ3n) is 3.67. The molecule has 4 heteroatoms. The van der Waals surface area contributed by atoms with E-state index in [1.165, 1.54) is 5.56 Å². The highest BCUT2D eigenvalue weighted by atomic mass is 35.5. The Labute approximate surface area is 140 Å². The highest BCUT2D eigenvalue weighted by Crippen LogP contribution is 2.30. The zero-order chi connectivity index (χ0) is 16.1. The smallest absolute Gasteiger partial charge is 0.158 e. The van der Waals surface area contributed by atoms with Crippen molar-refractivity contribution in [3.05, 3.63) is 77.0 Å². The van der Waals surface area contributed by atoms with E-state index in [2.05, 4.69) is 29.6 Å². The summed E-state index contributed by atoms with van der Waals surface area (Å²) in [6.07, 6.45) is 0. The molecule has 2 aromatic carbocycles. The first-order valence-electron chi connectivity index (χ1n) is 7.54. The second-order valence-electron chi connectivity index (χ2n) is 5.30. The van der Waals surface area contributed by atoms with E-state index >= 15 is 0 Å². The number of ether oxygens (including phenoxy) is 1. The average Bonchev–Trinajstić information content (AvgIpc) is 3.05. The fourth-order valence-electron chi connectivity index (χ4n) is 2.46. The fourth-order valence-corrected chi connectivity index (χ4v) is 2.72. The Morgan fingerprint density at radius 2 is 1.83 bits per heavy atom. The molecule has 0 spiro atoms. The SMILES string of the molecule is COc1ccc(-c2ccc(C[NH2+]Cc3ccccc3)o2)cc1Cl. The van der Waals surface area contributed by atoms with Crippen LogP contribution in [0.5, 0.6) is 5.75 Å². The van der Waals surface area contributed by atoms with Gasteiger partial charge in [-0.3, -0.25) is 0 Å². The second kappa shape index (κ2) is 7.36. The molecular weight excluding hydrogens is 310 g/mol. The molecule has 3 aromatic rings. The van der Waals surface area contributed by atoms with Gasteiger partial charge in [-0.1, -0.05) is 41.9 Å². The maximum atomic E-state index is 6.16. The summed E-state index contributed by atoms with van der Waals surface area (Å²) < 4.78 is 11.1. The van der Waals surface area contributed by atoms with Gasteiger partial charge in [0.05, 0.1) is 12.1 Å². The van der Waals surface area contributed by atoms with Crippen molar-refractivity contribution in [2.75, 3.05) is 7.11 Å². The molecule has 118 valence electrons. The van der Waals surface area contributed by atoms with Gasteiger partial charge in [-0.05, 0) is 30.3 Å². The highest BCUT2D eigenvalue weighted by molar-refractivity contribution is 6.32. The molecule has 0 bridgehead atoms. The van der Waals surface area contributed by atoms with Crippen LogP contribution in [0.15, 0.2) is 65.1 Å². The zero-order valence-corrected chi connectivity index (χ0v) is 13.7. The molecule has 1 heterocycles. The van der Waals surface area contributed by atoms with Crippen LogP contribution in [0.25, 0.3) is 11.3 Å². The molecule has 0 unspecified atom stereocenters. The lowest BCUT2D eigenvalue weighted by Crippen LogP contribution is -2.80. The first-order valence-corrected chi connectivity index (χ1v) is 7.92. The minimum Gasteiger partial charge on any atom is -0.495 e. The Morgan fingerprint density at radius 3 is 2.57 bits per heavy atom. The van der Waals surface area contributed by atoms with Gasteiger partial charge in [0.2, 0.25) is 0 Å². The number of methoxy groups -OCH3 is 1. The molecular formula is C19H19ClNO2+. The van der Waals surface area contributed by atoms with E-state index in [9.17, 15) is 0 Å². The van der Waals surface area contributed by atoms with Crippen LogP contribution < -0.4 is 10.1 Å². The largest absolute Gasteiger partial charge is 0.495 e. The summed E-state index contributed by atoms with van der Waals surface area (Å²) in [5.41, 5.74) is 2.26. The van der Waals surface area contributed by atoms with Crippen molar-refractivity contribution in [1.29, 1.82) is 0 Å². The molecule has 0 aliphatic rings. The van der Waals surface area contributed by atoms with Gasteiger partial charge in [-0.2, -0.15) is 0 Å². The van der Waals surface area contributed by atoms with E-state index in [0.717, 1.165) is 30.2 Å². The number of hydrogen-bond donors (Lipinski definition) is 1. The van der Waals surface area contributed by atoms with Crippen molar-refractivity contribution in [2.24, 2.45) is 0 Å². The van der Waals surface area contributed by atoms with Crippen molar-refractivity contribution in [2.45, 2.75) is 13.1 Å². The summed E-state index contributed by atoms with van der Waals surface area (Å²) in [5, 5.41) is 2.80. The van der Waals surface area contributed by atoms with E-state index < -0.39 is 0 Å². The first-order chi connectivity index (χ1) is 11.3. The molecule has 0 radical (unpaired) electrons. The number of hydrogen-bond acceptors (Lipinski definition) is 2. The summed E-state index contributed by atoms with van der Waals surface area (Å²) in [6, 6.07) is 20.0. The van der Waals surface area contributed by atoms with Crippen LogP contribution >= 0.6 is 11.6 Å². The van der Waals surface area contributed by atoms with E-state index in [4.69, 9.17) is 20.8 Å². The topological polar surface area (TPSA) is 39.0 Å². The Bertz CT molecular complexity index is 768. The second-order valence-corrected chi connectivity index (χ2v) is 5.71. The molecule has 0 amide bonds. The normalized spacial score (nSPS) is 10.7. The number of quaternary nitrogens is 1. The van der Waals surface area contributed by atoms with Crippen molar-refractivity contribution in [3.63, 3.8) is 0 Å². The number of nitrogens with two attached hydrogens (primary N) is 1. The van der Waals surface area contributed by atoms with E-state index in [0.29, 0.717) is 10.8 Å². The molecule has 2 N–H and O–H groups in total. The van der Waals surface area contributed by atoms with Crippen molar-refractivity contribution in [1.82, 2.24) is 0 Å². The summed E-state index contributed by atoms with van der Waals surface area (Å²) in [4.78, 5) is 0. The van der Waals surface area contributed by atoms with Crippen LogP contribution in [0.1, 0.15) is 11.3 Å². The van der Waals surface area contributed by atoms with Crippen LogP contribution in [0.4, 0.5) is 0 Å². The van der Waals surface area contributed by atoms with Gasteiger partial charge >= 0.3 is 0 Å². The van der Waals surface area contributed by atoms with E-state index in [1.54, 1.807) is 7.11 Å². The van der Waals surface area contributed by atoms with Crippen molar-refractivity contribution >= 4 is 11.6 Å². The predicted octanol–water partition coefficient (Wildman–Crippen LogP) is 3.87. The van der Waals surface area contributed by atoms with Gasteiger partial charge in [0.1, 0.15) is 24.6 Å². The third-order valence-corrected chi connectivity index (χ3v) is 3.96. The number of halogens is 1. The van der Waals surface area contributed by atoms with Crippen LogP contribution in [-0.2, 0) is 13.1 Å². The minimum atomic E-state index is 0.582. The van der Waals surface area contributed by atoms with Gasteiger partial charge < -0.3 is 14.5 Å². The summed E-state index contributed by atoms with van der Waals surface area (Å²) in [6.45, 7) is 1.74. The molecule has 3 nitrogen and oxygen atoms in total. The van der Waals surface area contributed by atoms with Crippen LogP contribution in [0, 0.1) is 0 Å². The molecule has 0 aliphatic heterocycles. The number of rotatable bonds is 6. The van der Waals surface area contributed by atoms with Crippen molar-refractivity contribution in [3.8, 4) is 17.1 Å². The molecule has 3 rings (SSSR count). The lowest BCUT2D eigenvalue weighted by Gasteiger charge is -2.04. The Balaban J connectivity index is 1.63.